The molecule has 21 heavy (non-hydrogen) atoms. The van der Waals surface area contributed by atoms with Gasteiger partial charge in [-0.1, -0.05) is 30.3 Å². The molecular weight excluding hydrogens is 260 g/mol. The summed E-state index contributed by atoms with van der Waals surface area (Å²) in [5.74, 6) is 0. The molecule has 0 bridgehead atoms. The molecule has 0 aliphatic heterocycles. The standard InChI is InChI=1S/C18H28N2O/c21-13-12-19-16-6-8-17(9-7-16)20(18-10-11-18)14-15-4-2-1-3-5-15/h1-5,16-19,21H,6-14H2. The SMILES string of the molecule is OCCNC1CCC(N(Cc2ccccc2)C2CC2)CC1. The number of benzene rings is 1. The third-order valence-electron chi connectivity index (χ3n) is 4.93. The van der Waals surface area contributed by atoms with Crippen molar-refractivity contribution in [2.24, 2.45) is 0 Å². The summed E-state index contributed by atoms with van der Waals surface area (Å²) in [4.78, 5) is 2.76. The second kappa shape index (κ2) is 7.39. The molecule has 116 valence electrons. The maximum absolute atomic E-state index is 8.91. The minimum atomic E-state index is 0.252. The molecule has 2 aliphatic carbocycles. The fourth-order valence-electron chi connectivity index (χ4n) is 3.64. The fourth-order valence-corrected chi connectivity index (χ4v) is 3.64. The Morgan fingerprint density at radius 3 is 2.14 bits per heavy atom. The first-order valence-corrected chi connectivity index (χ1v) is 8.50. The molecular formula is C18H28N2O. The highest BCUT2D eigenvalue weighted by atomic mass is 16.3. The highest BCUT2D eigenvalue weighted by molar-refractivity contribution is 5.15. The van der Waals surface area contributed by atoms with E-state index in [4.69, 9.17) is 5.11 Å². The van der Waals surface area contributed by atoms with E-state index in [1.165, 1.54) is 44.1 Å². The number of rotatable bonds is 7. The predicted molar refractivity (Wildman–Crippen MR) is 86.1 cm³/mol. The molecule has 2 fully saturated rings. The van der Waals surface area contributed by atoms with Gasteiger partial charge in [0.25, 0.3) is 0 Å². The van der Waals surface area contributed by atoms with Gasteiger partial charge in [0.05, 0.1) is 6.61 Å². The van der Waals surface area contributed by atoms with E-state index in [9.17, 15) is 0 Å². The Labute approximate surface area is 128 Å². The topological polar surface area (TPSA) is 35.5 Å². The number of hydrogen-bond acceptors (Lipinski definition) is 3. The average Bonchev–Trinajstić information content (AvgIpc) is 3.37. The molecule has 3 heteroatoms. The molecule has 0 amide bonds. The van der Waals surface area contributed by atoms with Gasteiger partial charge in [0.15, 0.2) is 0 Å². The Morgan fingerprint density at radius 2 is 1.57 bits per heavy atom. The summed E-state index contributed by atoms with van der Waals surface area (Å²) in [5.41, 5.74) is 1.45. The van der Waals surface area contributed by atoms with Gasteiger partial charge in [-0.15, -0.1) is 0 Å². The van der Waals surface area contributed by atoms with E-state index in [0.29, 0.717) is 6.04 Å². The average molecular weight is 288 g/mol. The molecule has 1 aromatic carbocycles. The van der Waals surface area contributed by atoms with Crippen molar-refractivity contribution in [3.63, 3.8) is 0 Å². The first-order valence-electron chi connectivity index (χ1n) is 8.50. The molecule has 2 aliphatic rings. The maximum Gasteiger partial charge on any atom is 0.0556 e. The number of aliphatic hydroxyl groups excluding tert-OH is 1. The molecule has 1 aromatic rings. The van der Waals surface area contributed by atoms with Crippen LogP contribution in [0.1, 0.15) is 44.1 Å². The van der Waals surface area contributed by atoms with Crippen LogP contribution in [-0.4, -0.2) is 41.3 Å². The van der Waals surface area contributed by atoms with Crippen molar-refractivity contribution in [3.8, 4) is 0 Å². The summed E-state index contributed by atoms with van der Waals surface area (Å²) in [5, 5.41) is 12.4. The second-order valence-corrected chi connectivity index (χ2v) is 6.57. The van der Waals surface area contributed by atoms with E-state index in [1.807, 2.05) is 0 Å². The summed E-state index contributed by atoms with van der Waals surface area (Å²) in [6.07, 6.45) is 7.87. The van der Waals surface area contributed by atoms with Crippen molar-refractivity contribution in [2.45, 2.75) is 63.2 Å². The van der Waals surface area contributed by atoms with Crippen molar-refractivity contribution >= 4 is 0 Å². The van der Waals surface area contributed by atoms with Crippen molar-refractivity contribution < 1.29 is 5.11 Å². The minimum absolute atomic E-state index is 0.252. The predicted octanol–water partition coefficient (Wildman–Crippen LogP) is 2.54. The molecule has 2 saturated carbocycles. The molecule has 0 heterocycles. The fraction of sp³-hybridized carbons (Fsp3) is 0.667. The van der Waals surface area contributed by atoms with Crippen LogP contribution >= 0.6 is 0 Å². The Kier molecular flexibility index (Phi) is 5.28. The van der Waals surface area contributed by atoms with Crippen molar-refractivity contribution in [1.29, 1.82) is 0 Å². The van der Waals surface area contributed by atoms with Gasteiger partial charge in [0.1, 0.15) is 0 Å². The van der Waals surface area contributed by atoms with Gasteiger partial charge in [-0.05, 0) is 44.1 Å². The van der Waals surface area contributed by atoms with Gasteiger partial charge in [-0.2, -0.15) is 0 Å². The zero-order valence-corrected chi connectivity index (χ0v) is 12.9. The normalized spacial score (nSPS) is 26.2. The molecule has 0 radical (unpaired) electrons. The summed E-state index contributed by atoms with van der Waals surface area (Å²) in [6, 6.07) is 13.1. The van der Waals surface area contributed by atoms with Gasteiger partial charge in [-0.3, -0.25) is 4.90 Å². The van der Waals surface area contributed by atoms with E-state index >= 15 is 0 Å². The van der Waals surface area contributed by atoms with Gasteiger partial charge in [0.2, 0.25) is 0 Å². The zero-order chi connectivity index (χ0) is 14.5. The third kappa shape index (κ3) is 4.29. The lowest BCUT2D eigenvalue weighted by molar-refractivity contribution is 0.126. The first kappa shape index (κ1) is 15.0. The highest BCUT2D eigenvalue weighted by Crippen LogP contribution is 2.35. The summed E-state index contributed by atoms with van der Waals surface area (Å²) < 4.78 is 0. The van der Waals surface area contributed by atoms with Crippen molar-refractivity contribution in [1.82, 2.24) is 10.2 Å². The van der Waals surface area contributed by atoms with E-state index < -0.39 is 0 Å². The molecule has 0 atom stereocenters. The first-order chi connectivity index (χ1) is 10.4. The molecule has 2 N–H and O–H groups in total. The Balaban J connectivity index is 1.53. The summed E-state index contributed by atoms with van der Waals surface area (Å²) in [7, 11) is 0. The van der Waals surface area contributed by atoms with Crippen molar-refractivity contribution in [3.05, 3.63) is 35.9 Å². The van der Waals surface area contributed by atoms with Crippen LogP contribution in [0.2, 0.25) is 0 Å². The van der Waals surface area contributed by atoms with Gasteiger partial charge >= 0.3 is 0 Å². The molecule has 0 unspecified atom stereocenters. The van der Waals surface area contributed by atoms with E-state index in [-0.39, 0.29) is 6.61 Å². The van der Waals surface area contributed by atoms with Crippen LogP contribution in [-0.2, 0) is 6.54 Å². The monoisotopic (exact) mass is 288 g/mol. The lowest BCUT2D eigenvalue weighted by atomic mass is 9.89. The Morgan fingerprint density at radius 1 is 0.952 bits per heavy atom. The zero-order valence-electron chi connectivity index (χ0n) is 12.9. The van der Waals surface area contributed by atoms with E-state index in [2.05, 4.69) is 40.5 Å². The maximum atomic E-state index is 8.91. The third-order valence-corrected chi connectivity index (χ3v) is 4.93. The van der Waals surface area contributed by atoms with Gasteiger partial charge < -0.3 is 10.4 Å². The molecule has 0 spiro atoms. The number of hydrogen-bond donors (Lipinski definition) is 2. The molecule has 0 saturated heterocycles. The lowest BCUT2D eigenvalue weighted by Gasteiger charge is -2.37. The highest BCUT2D eigenvalue weighted by Gasteiger charge is 2.35. The Bertz CT molecular complexity index is 410. The number of aliphatic hydroxyl groups is 1. The smallest absolute Gasteiger partial charge is 0.0556 e. The van der Waals surface area contributed by atoms with Crippen LogP contribution in [0.5, 0.6) is 0 Å². The van der Waals surface area contributed by atoms with Crippen LogP contribution in [0.15, 0.2) is 30.3 Å². The van der Waals surface area contributed by atoms with Crippen molar-refractivity contribution in [2.75, 3.05) is 13.2 Å². The van der Waals surface area contributed by atoms with Crippen LogP contribution < -0.4 is 5.32 Å². The number of nitrogens with one attached hydrogen (secondary N) is 1. The van der Waals surface area contributed by atoms with Crippen LogP contribution in [0.25, 0.3) is 0 Å². The Hall–Kier alpha value is -0.900. The lowest BCUT2D eigenvalue weighted by Crippen LogP contribution is -2.43. The summed E-state index contributed by atoms with van der Waals surface area (Å²) in [6.45, 7) is 2.11. The molecule has 3 nitrogen and oxygen atoms in total. The summed E-state index contributed by atoms with van der Waals surface area (Å²) >= 11 is 0. The molecule has 3 rings (SSSR count). The van der Waals surface area contributed by atoms with Crippen LogP contribution in [0.3, 0.4) is 0 Å². The minimum Gasteiger partial charge on any atom is -0.395 e. The second-order valence-electron chi connectivity index (χ2n) is 6.57. The number of nitrogens with zero attached hydrogens (tertiary/aromatic N) is 1. The van der Waals surface area contributed by atoms with Crippen LogP contribution in [0.4, 0.5) is 0 Å². The quantitative estimate of drug-likeness (QED) is 0.809. The van der Waals surface area contributed by atoms with Crippen LogP contribution in [0, 0.1) is 0 Å². The largest absolute Gasteiger partial charge is 0.395 e. The van der Waals surface area contributed by atoms with E-state index in [1.54, 1.807) is 0 Å². The van der Waals surface area contributed by atoms with E-state index in [0.717, 1.165) is 25.2 Å². The van der Waals surface area contributed by atoms with Gasteiger partial charge in [-0.25, -0.2) is 0 Å². The molecule has 0 aromatic heterocycles. The van der Waals surface area contributed by atoms with Gasteiger partial charge in [0, 0.05) is 31.2 Å².